The second-order valence-corrected chi connectivity index (χ2v) is 9.75. The van der Waals surface area contributed by atoms with E-state index in [-0.39, 0.29) is 23.3 Å². The molecule has 9 nitrogen and oxygen atoms in total. The third-order valence-corrected chi connectivity index (χ3v) is 6.13. The number of rotatable bonds is 8. The highest BCUT2D eigenvalue weighted by Crippen LogP contribution is 2.22. The topological polar surface area (TPSA) is 92.8 Å². The number of aliphatic hydroxyl groups excluding tert-OH is 1. The first kappa shape index (κ1) is 25.0. The number of hydrogen-bond acceptors (Lipinski definition) is 7. The van der Waals surface area contributed by atoms with E-state index in [4.69, 9.17) is 4.74 Å². The quantitative estimate of drug-likeness (QED) is 0.645. The highest BCUT2D eigenvalue weighted by molar-refractivity contribution is 5.40. The molecule has 33 heavy (non-hydrogen) atoms. The van der Waals surface area contributed by atoms with Gasteiger partial charge in [-0.1, -0.05) is 0 Å². The zero-order valence-corrected chi connectivity index (χ0v) is 20.6. The Morgan fingerprint density at radius 2 is 1.70 bits per heavy atom. The van der Waals surface area contributed by atoms with E-state index >= 15 is 0 Å². The molecule has 0 spiro atoms. The fraction of sp³-hybridized carbons (Fsp3) is 0.625. The highest BCUT2D eigenvalue weighted by atomic mass is 16.5. The van der Waals surface area contributed by atoms with Crippen molar-refractivity contribution in [3.8, 4) is 5.75 Å². The highest BCUT2D eigenvalue weighted by Gasteiger charge is 2.33. The molecule has 2 aromatic rings. The van der Waals surface area contributed by atoms with Gasteiger partial charge in [-0.25, -0.2) is 4.79 Å². The maximum absolute atomic E-state index is 13.0. The van der Waals surface area contributed by atoms with Crippen LogP contribution in [0.4, 0.5) is 5.82 Å². The van der Waals surface area contributed by atoms with Crippen LogP contribution in [0.5, 0.6) is 5.75 Å². The van der Waals surface area contributed by atoms with Crippen LogP contribution >= 0.6 is 0 Å². The molecular weight excluding hydrogens is 422 g/mol. The summed E-state index contributed by atoms with van der Waals surface area (Å²) in [7, 11) is 0. The summed E-state index contributed by atoms with van der Waals surface area (Å²) >= 11 is 0. The van der Waals surface area contributed by atoms with Crippen LogP contribution in [0.1, 0.15) is 53.6 Å². The Bertz CT molecular complexity index is 1040. The minimum absolute atomic E-state index is 0.0663. The Morgan fingerprint density at radius 3 is 2.24 bits per heavy atom. The van der Waals surface area contributed by atoms with Gasteiger partial charge in [0.1, 0.15) is 23.3 Å². The van der Waals surface area contributed by atoms with Crippen LogP contribution in [0.3, 0.4) is 0 Å². The van der Waals surface area contributed by atoms with Gasteiger partial charge >= 0.3 is 5.69 Å². The minimum atomic E-state index is -0.778. The molecule has 1 unspecified atom stereocenters. The van der Waals surface area contributed by atoms with Crippen molar-refractivity contribution in [1.82, 2.24) is 19.0 Å². The van der Waals surface area contributed by atoms with Crippen LogP contribution in [-0.2, 0) is 0 Å². The molecule has 3 rings (SSSR count). The van der Waals surface area contributed by atoms with Crippen LogP contribution in [0.15, 0.2) is 40.2 Å². The van der Waals surface area contributed by atoms with Gasteiger partial charge in [0.2, 0.25) is 0 Å². The van der Waals surface area contributed by atoms with Gasteiger partial charge in [0.25, 0.3) is 5.56 Å². The number of anilines is 1. The van der Waals surface area contributed by atoms with Crippen molar-refractivity contribution >= 4 is 5.82 Å². The average Bonchev–Trinajstić information content (AvgIpc) is 2.73. The van der Waals surface area contributed by atoms with Gasteiger partial charge in [0, 0.05) is 57.1 Å². The predicted octanol–water partition coefficient (Wildman–Crippen LogP) is 1.91. The number of nitrogens with zero attached hydrogens (tertiary/aromatic N) is 5. The van der Waals surface area contributed by atoms with Crippen molar-refractivity contribution in [3.63, 3.8) is 0 Å². The summed E-state index contributed by atoms with van der Waals surface area (Å²) in [5.41, 5.74) is -1.32. The van der Waals surface area contributed by atoms with Crippen molar-refractivity contribution in [1.29, 1.82) is 0 Å². The number of β-amino-alcohol motifs (C(OH)–C–C–N with tert-alkyl or cyclic N) is 1. The van der Waals surface area contributed by atoms with Gasteiger partial charge in [0.15, 0.2) is 0 Å². The van der Waals surface area contributed by atoms with Gasteiger partial charge in [-0.2, -0.15) is 0 Å². The Hall–Kier alpha value is -2.65. The lowest BCUT2D eigenvalue weighted by molar-refractivity contribution is -0.0451. The molecule has 0 aliphatic carbocycles. The summed E-state index contributed by atoms with van der Waals surface area (Å²) in [5, 5.41) is 10.9. The molecule has 0 aromatic carbocycles. The molecular formula is C24H37N5O4. The first-order chi connectivity index (χ1) is 15.5. The van der Waals surface area contributed by atoms with Crippen molar-refractivity contribution in [2.45, 2.75) is 65.3 Å². The number of hydrogen-bond donors (Lipinski definition) is 1. The largest absolute Gasteiger partial charge is 0.483 e. The zero-order valence-electron chi connectivity index (χ0n) is 20.6. The van der Waals surface area contributed by atoms with Crippen LogP contribution in [0, 0.1) is 0 Å². The predicted molar refractivity (Wildman–Crippen MR) is 129 cm³/mol. The van der Waals surface area contributed by atoms with Crippen LogP contribution in [0.25, 0.3) is 0 Å². The number of piperazine rings is 1. The molecule has 0 radical (unpaired) electrons. The van der Waals surface area contributed by atoms with E-state index in [2.05, 4.69) is 14.8 Å². The summed E-state index contributed by atoms with van der Waals surface area (Å²) in [6.07, 6.45) is 2.61. The molecule has 1 N–H and O–H groups in total. The second kappa shape index (κ2) is 10.1. The van der Waals surface area contributed by atoms with Gasteiger partial charge in [-0.15, -0.1) is 0 Å². The van der Waals surface area contributed by atoms with Crippen LogP contribution < -0.4 is 20.9 Å². The van der Waals surface area contributed by atoms with E-state index in [0.29, 0.717) is 44.3 Å². The molecule has 182 valence electrons. The Morgan fingerprint density at radius 1 is 1.06 bits per heavy atom. The molecule has 1 atom stereocenters. The van der Waals surface area contributed by atoms with Crippen molar-refractivity contribution < 1.29 is 9.84 Å². The van der Waals surface area contributed by atoms with Gasteiger partial charge in [0.05, 0.1) is 6.20 Å². The first-order valence-corrected chi connectivity index (χ1v) is 11.6. The molecule has 0 saturated carbocycles. The molecule has 0 bridgehead atoms. The Labute approximate surface area is 195 Å². The van der Waals surface area contributed by atoms with Gasteiger partial charge in [-0.05, 0) is 53.7 Å². The number of pyridine rings is 1. The van der Waals surface area contributed by atoms with Gasteiger partial charge in [-0.3, -0.25) is 23.8 Å². The molecule has 1 fully saturated rings. The lowest BCUT2D eigenvalue weighted by Gasteiger charge is -2.40. The Balaban J connectivity index is 1.69. The zero-order chi connectivity index (χ0) is 24.3. The van der Waals surface area contributed by atoms with Crippen LogP contribution in [-0.4, -0.2) is 68.6 Å². The Kier molecular flexibility index (Phi) is 7.64. The molecule has 1 saturated heterocycles. The van der Waals surface area contributed by atoms with Crippen LogP contribution in [0.2, 0.25) is 0 Å². The monoisotopic (exact) mass is 459 g/mol. The molecule has 1 aliphatic rings. The van der Waals surface area contributed by atoms with E-state index in [1.807, 2.05) is 47.6 Å². The summed E-state index contributed by atoms with van der Waals surface area (Å²) in [5.74, 6) is 1.28. The summed E-state index contributed by atoms with van der Waals surface area (Å²) in [4.78, 5) is 34.0. The summed E-state index contributed by atoms with van der Waals surface area (Å²) in [6.45, 7) is 14.5. The van der Waals surface area contributed by atoms with E-state index in [0.717, 1.165) is 0 Å². The van der Waals surface area contributed by atoms with Crippen molar-refractivity contribution in [2.75, 3.05) is 37.6 Å². The molecule has 9 heteroatoms. The maximum Gasteiger partial charge on any atom is 0.333 e. The lowest BCUT2D eigenvalue weighted by atomic mass is 10.0. The first-order valence-electron chi connectivity index (χ1n) is 11.6. The lowest BCUT2D eigenvalue weighted by Crippen LogP contribution is -2.54. The van der Waals surface area contributed by atoms with Gasteiger partial charge < -0.3 is 14.7 Å². The smallest absolute Gasteiger partial charge is 0.333 e. The van der Waals surface area contributed by atoms with E-state index in [9.17, 15) is 14.7 Å². The summed E-state index contributed by atoms with van der Waals surface area (Å²) in [6, 6.07) is 4.94. The molecule has 2 aromatic heterocycles. The number of aliphatic hydroxyl groups is 1. The summed E-state index contributed by atoms with van der Waals surface area (Å²) < 4.78 is 8.98. The second-order valence-electron chi connectivity index (χ2n) is 9.75. The SMILES string of the molecule is CC(C)n1c(N2CCN(CC(O)C(C)(C)Oc3cccnc3)CC2)cc(=O)n(C(C)C)c1=O. The average molecular weight is 460 g/mol. The third-order valence-electron chi connectivity index (χ3n) is 6.13. The fourth-order valence-electron chi connectivity index (χ4n) is 4.17. The van der Waals surface area contributed by atoms with E-state index in [1.165, 1.54) is 4.57 Å². The third kappa shape index (κ3) is 5.65. The number of ether oxygens (including phenoxy) is 1. The van der Waals surface area contributed by atoms with Crippen molar-refractivity contribution in [3.05, 3.63) is 51.4 Å². The van der Waals surface area contributed by atoms with E-state index < -0.39 is 11.7 Å². The standard InChI is InChI=1S/C24H37N5O4/c1-17(2)28-21(14-22(31)29(18(3)4)23(28)32)27-12-10-26(11-13-27)16-20(30)24(5,6)33-19-8-7-9-25-15-19/h7-9,14-15,17-18,20,30H,10-13,16H2,1-6H3. The van der Waals surface area contributed by atoms with E-state index in [1.54, 1.807) is 29.1 Å². The number of aromatic nitrogens is 3. The normalized spacial score (nSPS) is 16.5. The molecule has 1 aliphatic heterocycles. The van der Waals surface area contributed by atoms with Crippen molar-refractivity contribution in [2.24, 2.45) is 0 Å². The molecule has 3 heterocycles. The minimum Gasteiger partial charge on any atom is -0.483 e. The fourth-order valence-corrected chi connectivity index (χ4v) is 4.17. The molecule has 0 amide bonds. The maximum atomic E-state index is 13.0.